The lowest BCUT2D eigenvalue weighted by atomic mass is 9.90. The summed E-state index contributed by atoms with van der Waals surface area (Å²) in [7, 11) is 0. The van der Waals surface area contributed by atoms with Gasteiger partial charge in [0.05, 0.1) is 12.2 Å². The van der Waals surface area contributed by atoms with Crippen molar-refractivity contribution in [2.45, 2.75) is 59.0 Å². The van der Waals surface area contributed by atoms with E-state index in [9.17, 15) is 5.11 Å². The van der Waals surface area contributed by atoms with Gasteiger partial charge in [-0.1, -0.05) is 18.2 Å². The molecule has 128 valence electrons. The smallest absolute Gasteiger partial charge is 0.119 e. The summed E-state index contributed by atoms with van der Waals surface area (Å²) in [6, 6.07) is 11.0. The van der Waals surface area contributed by atoms with Crippen molar-refractivity contribution in [2.24, 2.45) is 0 Å². The number of benzene rings is 2. The third-order valence-electron chi connectivity index (χ3n) is 4.90. The molecule has 0 unspecified atom stereocenters. The molecule has 0 aromatic heterocycles. The van der Waals surface area contributed by atoms with Gasteiger partial charge in [-0.3, -0.25) is 0 Å². The van der Waals surface area contributed by atoms with Crippen LogP contribution in [0.5, 0.6) is 5.75 Å². The molecule has 0 bridgehead atoms. The largest absolute Gasteiger partial charge is 0.493 e. The van der Waals surface area contributed by atoms with Gasteiger partial charge in [0.2, 0.25) is 0 Å². The van der Waals surface area contributed by atoms with Gasteiger partial charge in [0.25, 0.3) is 0 Å². The van der Waals surface area contributed by atoms with E-state index >= 15 is 0 Å². The first-order valence-electron chi connectivity index (χ1n) is 8.93. The van der Waals surface area contributed by atoms with Crippen molar-refractivity contribution < 1.29 is 9.84 Å². The zero-order valence-corrected chi connectivity index (χ0v) is 15.3. The molecule has 0 saturated carbocycles. The topological polar surface area (TPSA) is 29.5 Å². The molecule has 1 N–H and O–H groups in total. The number of ether oxygens (including phenoxy) is 1. The Bertz CT molecular complexity index is 715. The van der Waals surface area contributed by atoms with Crippen LogP contribution in [0, 0.1) is 13.8 Å². The summed E-state index contributed by atoms with van der Waals surface area (Å²) < 4.78 is 5.87. The third-order valence-corrected chi connectivity index (χ3v) is 4.90. The summed E-state index contributed by atoms with van der Waals surface area (Å²) in [5.41, 5.74) is 7.61. The van der Waals surface area contributed by atoms with E-state index in [0.717, 1.165) is 5.75 Å². The number of aryl methyl sites for hydroxylation is 3. The van der Waals surface area contributed by atoms with Crippen molar-refractivity contribution in [3.8, 4) is 16.9 Å². The summed E-state index contributed by atoms with van der Waals surface area (Å²) in [6.07, 6.45) is 4.29. The van der Waals surface area contributed by atoms with Crippen molar-refractivity contribution in [1.29, 1.82) is 0 Å². The highest BCUT2D eigenvalue weighted by molar-refractivity contribution is 5.76. The predicted molar refractivity (Wildman–Crippen MR) is 99.8 cm³/mol. The molecule has 2 nitrogen and oxygen atoms in total. The van der Waals surface area contributed by atoms with Crippen LogP contribution >= 0.6 is 0 Å². The summed E-state index contributed by atoms with van der Waals surface area (Å²) in [4.78, 5) is 0. The van der Waals surface area contributed by atoms with Gasteiger partial charge in [-0.15, -0.1) is 0 Å². The van der Waals surface area contributed by atoms with Crippen LogP contribution < -0.4 is 4.74 Å². The maximum absolute atomic E-state index is 9.81. The Labute approximate surface area is 145 Å². The summed E-state index contributed by atoms with van der Waals surface area (Å²) in [6.45, 7) is 8.49. The van der Waals surface area contributed by atoms with Crippen molar-refractivity contribution in [3.63, 3.8) is 0 Å². The van der Waals surface area contributed by atoms with Gasteiger partial charge in [0.15, 0.2) is 0 Å². The molecule has 1 aliphatic rings. The van der Waals surface area contributed by atoms with E-state index in [2.05, 4.69) is 44.2 Å². The molecular formula is C22H28O2. The molecule has 2 aromatic carbocycles. The normalized spacial score (nSPS) is 13.9. The van der Waals surface area contributed by atoms with Gasteiger partial charge in [-0.2, -0.15) is 0 Å². The molecule has 24 heavy (non-hydrogen) atoms. The van der Waals surface area contributed by atoms with E-state index in [1.807, 2.05) is 13.8 Å². The Morgan fingerprint density at radius 1 is 1.08 bits per heavy atom. The molecule has 0 saturated heterocycles. The lowest BCUT2D eigenvalue weighted by Crippen LogP contribution is -2.21. The number of fused-ring (bicyclic) bond motifs is 1. The fraction of sp³-hybridized carbons (Fsp3) is 0.455. The number of aliphatic hydroxyl groups is 1. The molecule has 0 atom stereocenters. The number of hydrogen-bond donors (Lipinski definition) is 1. The summed E-state index contributed by atoms with van der Waals surface area (Å²) in [5, 5.41) is 9.81. The summed E-state index contributed by atoms with van der Waals surface area (Å²) >= 11 is 0. The molecule has 1 aliphatic carbocycles. The highest BCUT2D eigenvalue weighted by Gasteiger charge is 2.18. The van der Waals surface area contributed by atoms with Crippen molar-refractivity contribution in [2.75, 3.05) is 6.61 Å². The molecule has 0 radical (unpaired) electrons. The number of hydrogen-bond acceptors (Lipinski definition) is 2. The van der Waals surface area contributed by atoms with Gasteiger partial charge >= 0.3 is 0 Å². The Morgan fingerprint density at radius 3 is 2.46 bits per heavy atom. The zero-order chi connectivity index (χ0) is 17.3. The van der Waals surface area contributed by atoms with E-state index in [-0.39, 0.29) is 0 Å². The van der Waals surface area contributed by atoms with Crippen molar-refractivity contribution >= 4 is 0 Å². The third kappa shape index (κ3) is 3.64. The lowest BCUT2D eigenvalue weighted by molar-refractivity contribution is 0.0553. The quantitative estimate of drug-likeness (QED) is 0.838. The van der Waals surface area contributed by atoms with Crippen LogP contribution in [0.4, 0.5) is 0 Å². The Balaban J connectivity index is 1.88. The Morgan fingerprint density at radius 2 is 1.79 bits per heavy atom. The Kier molecular flexibility index (Phi) is 4.69. The van der Waals surface area contributed by atoms with E-state index in [1.165, 1.54) is 52.6 Å². The van der Waals surface area contributed by atoms with E-state index in [0.29, 0.717) is 13.0 Å². The van der Waals surface area contributed by atoms with Crippen molar-refractivity contribution in [3.05, 3.63) is 52.6 Å². The lowest BCUT2D eigenvalue weighted by Gasteiger charge is -2.19. The van der Waals surface area contributed by atoms with Crippen LogP contribution in [-0.2, 0) is 12.8 Å². The molecule has 0 aliphatic heterocycles. The SMILES string of the molecule is Cc1cc(OCCC(C)(C)O)cc(C)c1-c1cccc2c1CCC2. The van der Waals surface area contributed by atoms with Gasteiger partial charge in [-0.05, 0) is 92.5 Å². The van der Waals surface area contributed by atoms with Crippen LogP contribution in [0.25, 0.3) is 11.1 Å². The molecule has 0 fully saturated rings. The number of rotatable bonds is 5. The minimum Gasteiger partial charge on any atom is -0.493 e. The maximum atomic E-state index is 9.81. The molecule has 2 aromatic rings. The molecule has 0 spiro atoms. The minimum absolute atomic E-state index is 0.530. The highest BCUT2D eigenvalue weighted by atomic mass is 16.5. The second-order valence-corrected chi connectivity index (χ2v) is 7.64. The monoisotopic (exact) mass is 324 g/mol. The van der Waals surface area contributed by atoms with Crippen molar-refractivity contribution in [1.82, 2.24) is 0 Å². The molecule has 3 rings (SSSR count). The second-order valence-electron chi connectivity index (χ2n) is 7.64. The average Bonchev–Trinajstić information content (AvgIpc) is 2.94. The fourth-order valence-corrected chi connectivity index (χ4v) is 3.70. The molecule has 0 heterocycles. The van der Waals surface area contributed by atoms with E-state index in [1.54, 1.807) is 0 Å². The highest BCUT2D eigenvalue weighted by Crippen LogP contribution is 2.37. The van der Waals surface area contributed by atoms with Crippen LogP contribution in [0.3, 0.4) is 0 Å². The average molecular weight is 324 g/mol. The van der Waals surface area contributed by atoms with E-state index in [4.69, 9.17) is 4.74 Å². The van der Waals surface area contributed by atoms with Crippen LogP contribution in [0.15, 0.2) is 30.3 Å². The van der Waals surface area contributed by atoms with Gasteiger partial charge in [0.1, 0.15) is 5.75 Å². The van der Waals surface area contributed by atoms with Gasteiger partial charge in [-0.25, -0.2) is 0 Å². The predicted octanol–water partition coefficient (Wildman–Crippen LogP) is 5.00. The molecule has 2 heteroatoms. The van der Waals surface area contributed by atoms with Crippen LogP contribution in [0.2, 0.25) is 0 Å². The zero-order valence-electron chi connectivity index (χ0n) is 15.3. The first-order valence-corrected chi connectivity index (χ1v) is 8.93. The van der Waals surface area contributed by atoms with Gasteiger partial charge < -0.3 is 9.84 Å². The van der Waals surface area contributed by atoms with E-state index < -0.39 is 5.60 Å². The molecule has 0 amide bonds. The first kappa shape index (κ1) is 17.0. The molecular weight excluding hydrogens is 296 g/mol. The van der Waals surface area contributed by atoms with Crippen LogP contribution in [0.1, 0.15) is 48.9 Å². The summed E-state index contributed by atoms with van der Waals surface area (Å²) in [5.74, 6) is 0.894. The second kappa shape index (κ2) is 6.60. The van der Waals surface area contributed by atoms with Gasteiger partial charge in [0, 0.05) is 6.42 Å². The standard InChI is InChI=1S/C22H28O2/c1-15-13-18(24-12-11-22(3,4)23)14-16(2)21(15)20-10-6-8-17-7-5-9-19(17)20/h6,8,10,13-14,23H,5,7,9,11-12H2,1-4H3. The Hall–Kier alpha value is -1.80. The minimum atomic E-state index is -0.686. The fourth-order valence-electron chi connectivity index (χ4n) is 3.70. The van der Waals surface area contributed by atoms with Crippen LogP contribution in [-0.4, -0.2) is 17.3 Å². The first-order chi connectivity index (χ1) is 11.3. The maximum Gasteiger partial charge on any atom is 0.119 e.